The summed E-state index contributed by atoms with van der Waals surface area (Å²) in [6.07, 6.45) is 1.83. The molecule has 0 saturated heterocycles. The lowest BCUT2D eigenvalue weighted by Crippen LogP contribution is -2.40. The number of nitrogens with zero attached hydrogens (tertiary/aromatic N) is 2. The van der Waals surface area contributed by atoms with Crippen molar-refractivity contribution in [2.45, 2.75) is 45.5 Å². The zero-order chi connectivity index (χ0) is 14.6. The fraction of sp³-hybridized carbons (Fsp3) is 0.750. The molecule has 1 rings (SSSR count). The molecule has 110 valence electrons. The van der Waals surface area contributed by atoms with Crippen LogP contribution >= 0.6 is 0 Å². The maximum atomic E-state index is 12.1. The summed E-state index contributed by atoms with van der Waals surface area (Å²) in [5, 5.41) is 6.85. The molecular weight excluding hydrogens is 264 g/mol. The molecule has 7 heteroatoms. The van der Waals surface area contributed by atoms with E-state index in [-0.39, 0.29) is 12.6 Å². The normalized spacial score (nSPS) is 14.0. The third-order valence-corrected chi connectivity index (χ3v) is 4.70. The molecule has 1 heterocycles. The minimum absolute atomic E-state index is 0.276. The Balaban J connectivity index is 2.57. The van der Waals surface area contributed by atoms with E-state index in [0.717, 1.165) is 11.3 Å². The van der Waals surface area contributed by atoms with Gasteiger partial charge in [0, 0.05) is 37.9 Å². The molecule has 0 aromatic carbocycles. The van der Waals surface area contributed by atoms with E-state index < -0.39 is 15.3 Å². The fourth-order valence-electron chi connectivity index (χ4n) is 1.65. The van der Waals surface area contributed by atoms with Crippen molar-refractivity contribution in [3.05, 3.63) is 17.5 Å². The number of aryl methyl sites for hydroxylation is 2. The van der Waals surface area contributed by atoms with Gasteiger partial charge in [-0.3, -0.25) is 4.68 Å². The van der Waals surface area contributed by atoms with Crippen molar-refractivity contribution in [1.82, 2.24) is 19.8 Å². The second kappa shape index (κ2) is 6.49. The minimum atomic E-state index is -3.31. The van der Waals surface area contributed by atoms with Gasteiger partial charge in [0.1, 0.15) is 0 Å². The Hall–Kier alpha value is -0.920. The van der Waals surface area contributed by atoms with Gasteiger partial charge < -0.3 is 5.32 Å². The number of hydrogen-bond donors (Lipinski definition) is 2. The van der Waals surface area contributed by atoms with Crippen LogP contribution in [0.5, 0.6) is 0 Å². The van der Waals surface area contributed by atoms with Gasteiger partial charge in [0.05, 0.1) is 10.9 Å². The summed E-state index contributed by atoms with van der Waals surface area (Å²) < 4.78 is 28.4. The van der Waals surface area contributed by atoms with Crippen molar-refractivity contribution in [3.63, 3.8) is 0 Å². The second-order valence-corrected chi connectivity index (χ2v) is 7.34. The highest BCUT2D eigenvalue weighted by Gasteiger charge is 2.20. The summed E-state index contributed by atoms with van der Waals surface area (Å²) in [6, 6.07) is 0.276. The van der Waals surface area contributed by atoms with E-state index in [4.69, 9.17) is 0 Å². The topological polar surface area (TPSA) is 76.0 Å². The summed E-state index contributed by atoms with van der Waals surface area (Å²) >= 11 is 0. The summed E-state index contributed by atoms with van der Waals surface area (Å²) in [4.78, 5) is 0. The predicted octanol–water partition coefficient (Wildman–Crippen LogP) is 0.534. The molecule has 0 fully saturated rings. The third kappa shape index (κ3) is 4.93. The van der Waals surface area contributed by atoms with Gasteiger partial charge in [-0.1, -0.05) is 13.8 Å². The van der Waals surface area contributed by atoms with Crippen LogP contribution in [-0.4, -0.2) is 36.0 Å². The quantitative estimate of drug-likeness (QED) is 0.767. The van der Waals surface area contributed by atoms with E-state index in [1.165, 1.54) is 0 Å². The van der Waals surface area contributed by atoms with Crippen molar-refractivity contribution in [2.24, 2.45) is 7.05 Å². The lowest BCUT2D eigenvalue weighted by Gasteiger charge is -2.16. The maximum absolute atomic E-state index is 12.1. The molecule has 0 radical (unpaired) electrons. The number of hydrogen-bond acceptors (Lipinski definition) is 4. The number of nitrogens with one attached hydrogen (secondary N) is 2. The fourth-order valence-corrected chi connectivity index (χ4v) is 2.61. The largest absolute Gasteiger partial charge is 0.313 e. The maximum Gasteiger partial charge on any atom is 0.215 e. The van der Waals surface area contributed by atoms with Crippen molar-refractivity contribution >= 4 is 10.0 Å². The Kier molecular flexibility index (Phi) is 5.51. The van der Waals surface area contributed by atoms with E-state index in [1.807, 2.05) is 34.0 Å². The monoisotopic (exact) mass is 288 g/mol. The van der Waals surface area contributed by atoms with E-state index >= 15 is 0 Å². The first-order chi connectivity index (χ1) is 8.72. The highest BCUT2D eigenvalue weighted by atomic mass is 32.2. The van der Waals surface area contributed by atoms with Gasteiger partial charge in [0.15, 0.2) is 0 Å². The average Bonchev–Trinajstić information content (AvgIpc) is 2.62. The molecule has 1 aromatic rings. The molecule has 0 bridgehead atoms. The second-order valence-electron chi connectivity index (χ2n) is 5.15. The highest BCUT2D eigenvalue weighted by Crippen LogP contribution is 2.06. The molecule has 6 nitrogen and oxygen atoms in total. The van der Waals surface area contributed by atoms with E-state index in [2.05, 4.69) is 15.1 Å². The highest BCUT2D eigenvalue weighted by molar-refractivity contribution is 7.90. The van der Waals surface area contributed by atoms with Crippen LogP contribution < -0.4 is 10.0 Å². The SMILES string of the molecule is Cc1nn(C)cc1CNS(=O)(=O)C(C)CNC(C)C. The van der Waals surface area contributed by atoms with E-state index in [1.54, 1.807) is 11.6 Å². The van der Waals surface area contributed by atoms with Crippen molar-refractivity contribution < 1.29 is 8.42 Å². The Morgan fingerprint density at radius 3 is 2.47 bits per heavy atom. The molecule has 1 atom stereocenters. The van der Waals surface area contributed by atoms with E-state index in [0.29, 0.717) is 6.54 Å². The first-order valence-electron chi connectivity index (χ1n) is 6.43. The van der Waals surface area contributed by atoms with Gasteiger partial charge >= 0.3 is 0 Å². The molecule has 0 aliphatic carbocycles. The molecule has 1 aromatic heterocycles. The number of aromatic nitrogens is 2. The molecule has 0 aliphatic heterocycles. The molecular formula is C12H24N4O2S. The van der Waals surface area contributed by atoms with Crippen LogP contribution in [0.3, 0.4) is 0 Å². The van der Waals surface area contributed by atoms with Gasteiger partial charge in [-0.05, 0) is 13.8 Å². The molecule has 0 amide bonds. The predicted molar refractivity (Wildman–Crippen MR) is 76.3 cm³/mol. The smallest absolute Gasteiger partial charge is 0.215 e. The molecule has 2 N–H and O–H groups in total. The Bertz CT molecular complexity index is 508. The van der Waals surface area contributed by atoms with Crippen LogP contribution in [0.25, 0.3) is 0 Å². The van der Waals surface area contributed by atoms with Crippen LogP contribution in [0.2, 0.25) is 0 Å². The summed E-state index contributed by atoms with van der Waals surface area (Å²) in [6.45, 7) is 8.28. The van der Waals surface area contributed by atoms with Crippen LogP contribution in [-0.2, 0) is 23.6 Å². The van der Waals surface area contributed by atoms with Crippen LogP contribution in [0.1, 0.15) is 32.0 Å². The lowest BCUT2D eigenvalue weighted by atomic mass is 10.3. The van der Waals surface area contributed by atoms with Crippen molar-refractivity contribution in [1.29, 1.82) is 0 Å². The first-order valence-corrected chi connectivity index (χ1v) is 7.98. The molecule has 19 heavy (non-hydrogen) atoms. The summed E-state index contributed by atoms with van der Waals surface area (Å²) in [5.41, 5.74) is 1.74. The molecule has 0 aliphatic rings. The molecule has 1 unspecified atom stereocenters. The number of sulfonamides is 1. The third-order valence-electron chi connectivity index (χ3n) is 2.92. The average molecular weight is 288 g/mol. The Labute approximate surface area is 115 Å². The Morgan fingerprint density at radius 1 is 1.37 bits per heavy atom. The Morgan fingerprint density at radius 2 is 2.00 bits per heavy atom. The van der Waals surface area contributed by atoms with Crippen LogP contribution in [0.15, 0.2) is 6.20 Å². The standard InChI is InChI=1S/C12H24N4O2S/c1-9(2)13-6-10(3)19(17,18)14-7-12-8-16(5)15-11(12)4/h8-10,13-14H,6-7H2,1-5H3. The van der Waals surface area contributed by atoms with Gasteiger partial charge in [0.2, 0.25) is 10.0 Å². The van der Waals surface area contributed by atoms with Crippen molar-refractivity contribution in [3.8, 4) is 0 Å². The van der Waals surface area contributed by atoms with Gasteiger partial charge in [0.25, 0.3) is 0 Å². The molecule has 0 spiro atoms. The van der Waals surface area contributed by atoms with Gasteiger partial charge in [-0.25, -0.2) is 13.1 Å². The minimum Gasteiger partial charge on any atom is -0.313 e. The van der Waals surface area contributed by atoms with Crippen LogP contribution in [0, 0.1) is 6.92 Å². The zero-order valence-corrected chi connectivity index (χ0v) is 13.1. The van der Waals surface area contributed by atoms with Crippen molar-refractivity contribution in [2.75, 3.05) is 6.54 Å². The lowest BCUT2D eigenvalue weighted by molar-refractivity contribution is 0.540. The summed E-state index contributed by atoms with van der Waals surface area (Å²) in [7, 11) is -1.49. The summed E-state index contributed by atoms with van der Waals surface area (Å²) in [5.74, 6) is 0. The molecule has 0 saturated carbocycles. The van der Waals surface area contributed by atoms with Crippen LogP contribution in [0.4, 0.5) is 0 Å². The zero-order valence-electron chi connectivity index (χ0n) is 12.3. The van der Waals surface area contributed by atoms with Gasteiger partial charge in [-0.15, -0.1) is 0 Å². The van der Waals surface area contributed by atoms with Gasteiger partial charge in [-0.2, -0.15) is 5.10 Å². The number of rotatable bonds is 7. The van der Waals surface area contributed by atoms with E-state index in [9.17, 15) is 8.42 Å². The first kappa shape index (κ1) is 16.1.